The SMILES string of the molecule is c1ccc2c(-c3nc(-c4ccc(-c5ccc6ncncc6c5)cc4)nc(-c4ccc(-c5ccc6ncncc6c5)cc4)n3)c3ccccc3cc2c1.c1ccc2cc3cc(-c4nc(-c5ccc(-c6ccc7ncnnc7c6)cc5)nc(-c5ccc(-c6ccc7ncnnc7c6)cc5)n4)ccc3cc2c1. The minimum absolute atomic E-state index is 0.586. The van der Waals surface area contributed by atoms with Gasteiger partial charge in [-0.1, -0.05) is 206 Å². The quantitative estimate of drug-likeness (QED) is 0.117. The summed E-state index contributed by atoms with van der Waals surface area (Å²) in [7, 11) is 0. The summed E-state index contributed by atoms with van der Waals surface area (Å²) in [4.78, 5) is 56.3. The third-order valence-corrected chi connectivity index (χ3v) is 18.9. The van der Waals surface area contributed by atoms with E-state index >= 15 is 0 Å². The Labute approximate surface area is 593 Å². The maximum Gasteiger partial charge on any atom is 0.165 e. The lowest BCUT2D eigenvalue weighted by Gasteiger charge is -2.13. The summed E-state index contributed by atoms with van der Waals surface area (Å²) in [5.41, 5.74) is 18.9. The van der Waals surface area contributed by atoms with Crippen molar-refractivity contribution in [2.75, 3.05) is 0 Å². The number of benzene rings is 14. The third kappa shape index (κ3) is 11.8. The van der Waals surface area contributed by atoms with Crippen LogP contribution in [0.1, 0.15) is 0 Å². The van der Waals surface area contributed by atoms with Gasteiger partial charge in [-0.15, -0.1) is 20.4 Å². The zero-order chi connectivity index (χ0) is 68.9. The van der Waals surface area contributed by atoms with Crippen LogP contribution in [-0.4, -0.2) is 80.2 Å². The fourth-order valence-electron chi connectivity index (χ4n) is 13.6. The Morgan fingerprint density at radius 2 is 0.490 bits per heavy atom. The molecule has 0 aliphatic carbocycles. The third-order valence-electron chi connectivity index (χ3n) is 18.9. The molecule has 0 radical (unpaired) electrons. The molecule has 20 aromatic rings. The van der Waals surface area contributed by atoms with Crippen molar-refractivity contribution in [1.82, 2.24) is 80.2 Å². The Kier molecular flexibility index (Phi) is 15.1. The number of hydrogen-bond donors (Lipinski definition) is 0. The molecular formula is C88H52N16. The van der Waals surface area contributed by atoms with Gasteiger partial charge in [0.2, 0.25) is 0 Å². The normalized spacial score (nSPS) is 11.5. The van der Waals surface area contributed by atoms with E-state index in [0.29, 0.717) is 34.9 Å². The van der Waals surface area contributed by atoms with Crippen LogP contribution in [0.15, 0.2) is 317 Å². The number of hydrogen-bond acceptors (Lipinski definition) is 16. The van der Waals surface area contributed by atoms with Crippen molar-refractivity contribution >= 4 is 87.0 Å². The molecule has 0 aliphatic rings. The highest BCUT2D eigenvalue weighted by atomic mass is 15.1. The second kappa shape index (κ2) is 25.9. The maximum atomic E-state index is 5.19. The van der Waals surface area contributed by atoms with Crippen LogP contribution in [0.5, 0.6) is 0 Å². The van der Waals surface area contributed by atoms with Gasteiger partial charge in [0.25, 0.3) is 0 Å². The number of nitrogens with zero attached hydrogens (tertiary/aromatic N) is 16. The smallest absolute Gasteiger partial charge is 0.165 e. The molecule has 16 heteroatoms. The summed E-state index contributed by atoms with van der Waals surface area (Å²) >= 11 is 0. The molecule has 16 nitrogen and oxygen atoms in total. The first-order valence-electron chi connectivity index (χ1n) is 33.8. The predicted molar refractivity (Wildman–Crippen MR) is 412 cm³/mol. The summed E-state index contributed by atoms with van der Waals surface area (Å²) in [6, 6.07) is 96.0. The molecule has 6 aromatic heterocycles. The fraction of sp³-hybridized carbons (Fsp3) is 0. The molecule has 0 bridgehead atoms. The van der Waals surface area contributed by atoms with Crippen molar-refractivity contribution in [2.24, 2.45) is 0 Å². The molecule has 6 heterocycles. The van der Waals surface area contributed by atoms with E-state index in [2.05, 4.69) is 257 Å². The van der Waals surface area contributed by atoms with Crippen LogP contribution < -0.4 is 0 Å². The van der Waals surface area contributed by atoms with Gasteiger partial charge in [0.05, 0.1) is 22.1 Å². The van der Waals surface area contributed by atoms with E-state index < -0.39 is 0 Å². The van der Waals surface area contributed by atoms with E-state index in [9.17, 15) is 0 Å². The molecule has 484 valence electrons. The number of fused-ring (bicyclic) bond motifs is 8. The Morgan fingerprint density at radius 3 is 0.933 bits per heavy atom. The Balaban J connectivity index is 0.000000143. The minimum Gasteiger partial charge on any atom is -0.244 e. The van der Waals surface area contributed by atoms with Crippen LogP contribution in [0.4, 0.5) is 0 Å². The van der Waals surface area contributed by atoms with Gasteiger partial charge in [-0.25, -0.2) is 59.8 Å². The topological polar surface area (TPSA) is 206 Å². The van der Waals surface area contributed by atoms with Crippen LogP contribution in [0, 0.1) is 0 Å². The van der Waals surface area contributed by atoms with Crippen LogP contribution in [0.3, 0.4) is 0 Å². The average molecular weight is 1330 g/mol. The van der Waals surface area contributed by atoms with E-state index in [1.165, 1.54) is 23.4 Å². The van der Waals surface area contributed by atoms with Crippen molar-refractivity contribution in [3.05, 3.63) is 317 Å². The van der Waals surface area contributed by atoms with Gasteiger partial charge in [-0.3, -0.25) is 0 Å². The van der Waals surface area contributed by atoms with Gasteiger partial charge >= 0.3 is 0 Å². The Bertz CT molecular complexity index is 6400. The molecule has 0 fully saturated rings. The molecule has 0 atom stereocenters. The molecule has 0 N–H and O–H groups in total. The van der Waals surface area contributed by atoms with Crippen molar-refractivity contribution < 1.29 is 0 Å². The van der Waals surface area contributed by atoms with E-state index in [0.717, 1.165) is 154 Å². The first-order chi connectivity index (χ1) is 51.4. The standard InChI is InChI=1S/C45H27N7.C43H25N9/c1-3-7-38-34(5-1)23-35-6-2-4-8-39(35)42(38)45-51-43(30-13-9-28(10-14-30)32-17-19-40-36(21-32)24-46-26-48-40)50-44(52-45)31-15-11-29(12-16-31)33-18-20-41-37(22-33)25-47-27-49-41;1-2-4-31-20-36-21-35(14-13-32(36)19-30(31)3-1)43-49-41(28-9-5-26(6-10-28)33-15-17-37-39(22-33)51-46-24-44-37)48-42(50-43)29-11-7-27(8-12-29)34-16-18-38-40(23-34)52-47-25-45-38/h1-27H;1-25H. The van der Waals surface area contributed by atoms with E-state index in [1.54, 1.807) is 12.7 Å². The molecule has 0 amide bonds. The van der Waals surface area contributed by atoms with Crippen LogP contribution >= 0.6 is 0 Å². The zero-order valence-corrected chi connectivity index (χ0v) is 55.2. The van der Waals surface area contributed by atoms with Crippen LogP contribution in [0.2, 0.25) is 0 Å². The second-order valence-electron chi connectivity index (χ2n) is 25.3. The lowest BCUT2D eigenvalue weighted by molar-refractivity contribution is 1.02. The minimum atomic E-state index is 0.586. The largest absolute Gasteiger partial charge is 0.244 e. The van der Waals surface area contributed by atoms with Gasteiger partial charge in [0.1, 0.15) is 36.3 Å². The lowest BCUT2D eigenvalue weighted by atomic mass is 9.96. The van der Waals surface area contributed by atoms with E-state index in [4.69, 9.17) is 29.9 Å². The molecule has 0 spiro atoms. The van der Waals surface area contributed by atoms with Crippen molar-refractivity contribution in [3.8, 4) is 113 Å². The van der Waals surface area contributed by atoms with Crippen molar-refractivity contribution in [1.29, 1.82) is 0 Å². The molecule has 14 aromatic carbocycles. The van der Waals surface area contributed by atoms with Gasteiger partial charge < -0.3 is 0 Å². The number of rotatable bonds is 10. The van der Waals surface area contributed by atoms with Crippen molar-refractivity contribution in [3.63, 3.8) is 0 Å². The molecule has 104 heavy (non-hydrogen) atoms. The van der Waals surface area contributed by atoms with Gasteiger partial charge in [-0.2, -0.15) is 0 Å². The average Bonchev–Trinajstić information content (AvgIpc) is 0.752. The summed E-state index contributed by atoms with van der Waals surface area (Å²) < 4.78 is 0. The van der Waals surface area contributed by atoms with E-state index in [1.807, 2.05) is 85.2 Å². The summed E-state index contributed by atoms with van der Waals surface area (Å²) in [5.74, 6) is 3.62. The summed E-state index contributed by atoms with van der Waals surface area (Å²) in [5, 5.41) is 27.5. The molecule has 20 rings (SSSR count). The molecule has 0 saturated carbocycles. The molecule has 0 aliphatic heterocycles. The predicted octanol–water partition coefficient (Wildman–Crippen LogP) is 19.6. The molecule has 0 unspecified atom stereocenters. The highest BCUT2D eigenvalue weighted by Crippen LogP contribution is 2.39. The van der Waals surface area contributed by atoms with Crippen LogP contribution in [0.25, 0.3) is 200 Å². The first-order valence-corrected chi connectivity index (χ1v) is 33.8. The zero-order valence-electron chi connectivity index (χ0n) is 55.2. The van der Waals surface area contributed by atoms with Gasteiger partial charge in [0, 0.05) is 56.5 Å². The second-order valence-corrected chi connectivity index (χ2v) is 25.3. The van der Waals surface area contributed by atoms with E-state index in [-0.39, 0.29) is 0 Å². The highest BCUT2D eigenvalue weighted by Gasteiger charge is 2.20. The molecular weight excluding hydrogens is 1280 g/mol. The molecule has 0 saturated heterocycles. The highest BCUT2D eigenvalue weighted by molar-refractivity contribution is 6.12. The lowest BCUT2D eigenvalue weighted by Crippen LogP contribution is -2.01. The first kappa shape index (κ1) is 60.5. The Hall–Kier alpha value is -14.6. The van der Waals surface area contributed by atoms with Gasteiger partial charge in [-0.05, 0) is 160 Å². The van der Waals surface area contributed by atoms with Crippen LogP contribution in [-0.2, 0) is 0 Å². The number of aromatic nitrogens is 16. The van der Waals surface area contributed by atoms with Gasteiger partial charge in [0.15, 0.2) is 34.9 Å². The Morgan fingerprint density at radius 1 is 0.183 bits per heavy atom. The monoisotopic (exact) mass is 1330 g/mol. The summed E-state index contributed by atoms with van der Waals surface area (Å²) in [6.45, 7) is 0. The van der Waals surface area contributed by atoms with Crippen molar-refractivity contribution in [2.45, 2.75) is 0 Å². The maximum absolute atomic E-state index is 5.19. The fourth-order valence-corrected chi connectivity index (χ4v) is 13.6. The summed E-state index contributed by atoms with van der Waals surface area (Å²) in [6.07, 6.45) is 9.75.